The summed E-state index contributed by atoms with van der Waals surface area (Å²) in [5.41, 5.74) is 3.41. The Morgan fingerprint density at radius 1 is 1.05 bits per heavy atom. The Morgan fingerprint density at radius 2 is 1.80 bits per heavy atom. The van der Waals surface area contributed by atoms with E-state index in [1.54, 1.807) is 14.2 Å². The first-order valence-electron chi connectivity index (χ1n) is 6.56. The smallest absolute Gasteiger partial charge is 0.165 e. The van der Waals surface area contributed by atoms with Gasteiger partial charge in [-0.1, -0.05) is 42.0 Å². The lowest BCUT2D eigenvalue weighted by Crippen LogP contribution is -2.01. The normalized spacial score (nSPS) is 12.0. The highest BCUT2D eigenvalue weighted by Gasteiger charge is 2.17. The average molecular weight is 291 g/mol. The lowest BCUT2D eigenvalue weighted by atomic mass is 10.0. The maximum Gasteiger partial charge on any atom is 0.165 e. The Balaban J connectivity index is 2.27. The van der Waals surface area contributed by atoms with Gasteiger partial charge in [0.25, 0.3) is 0 Å². The predicted molar refractivity (Wildman–Crippen MR) is 83.0 cm³/mol. The first-order valence-corrected chi connectivity index (χ1v) is 7.00. The Bertz CT molecular complexity index is 581. The average Bonchev–Trinajstić information content (AvgIpc) is 2.46. The quantitative estimate of drug-likeness (QED) is 0.753. The van der Waals surface area contributed by atoms with E-state index in [9.17, 15) is 0 Å². The molecule has 0 bridgehead atoms. The van der Waals surface area contributed by atoms with Crippen molar-refractivity contribution in [3.63, 3.8) is 0 Å². The van der Waals surface area contributed by atoms with Crippen LogP contribution in [0.4, 0.5) is 0 Å². The molecule has 0 spiro atoms. The van der Waals surface area contributed by atoms with Crippen molar-refractivity contribution in [1.82, 2.24) is 0 Å². The maximum absolute atomic E-state index is 6.57. The summed E-state index contributed by atoms with van der Waals surface area (Å²) in [5, 5.41) is -0.151. The minimum Gasteiger partial charge on any atom is -0.493 e. The number of ether oxygens (including phenoxy) is 2. The predicted octanol–water partition coefficient (Wildman–Crippen LogP) is 4.53. The van der Waals surface area contributed by atoms with E-state index in [1.165, 1.54) is 11.1 Å². The SMILES string of the molecule is COc1cccc(C(Cl)Cc2cccc(C)c2)c1OC. The fourth-order valence-corrected chi connectivity index (χ4v) is 2.66. The van der Waals surface area contributed by atoms with Crippen molar-refractivity contribution in [1.29, 1.82) is 0 Å². The number of hydrogen-bond acceptors (Lipinski definition) is 2. The molecule has 2 rings (SSSR count). The van der Waals surface area contributed by atoms with Gasteiger partial charge in [0.2, 0.25) is 0 Å². The number of halogens is 1. The summed E-state index contributed by atoms with van der Waals surface area (Å²) in [4.78, 5) is 0. The minimum atomic E-state index is -0.151. The fourth-order valence-electron chi connectivity index (χ4n) is 2.31. The number of aryl methyl sites for hydroxylation is 1. The highest BCUT2D eigenvalue weighted by Crippen LogP contribution is 2.38. The number of alkyl halides is 1. The third-order valence-corrected chi connectivity index (χ3v) is 3.66. The first-order chi connectivity index (χ1) is 9.65. The lowest BCUT2D eigenvalue weighted by Gasteiger charge is -2.16. The van der Waals surface area contributed by atoms with Gasteiger partial charge in [0.1, 0.15) is 0 Å². The third-order valence-electron chi connectivity index (χ3n) is 3.27. The fraction of sp³-hybridized carbons (Fsp3) is 0.294. The molecule has 0 radical (unpaired) electrons. The van der Waals surface area contributed by atoms with Gasteiger partial charge in [0.05, 0.1) is 19.6 Å². The van der Waals surface area contributed by atoms with E-state index in [-0.39, 0.29) is 5.38 Å². The highest BCUT2D eigenvalue weighted by molar-refractivity contribution is 6.21. The monoisotopic (exact) mass is 290 g/mol. The maximum atomic E-state index is 6.57. The molecular weight excluding hydrogens is 272 g/mol. The highest BCUT2D eigenvalue weighted by atomic mass is 35.5. The van der Waals surface area contributed by atoms with Crippen molar-refractivity contribution in [2.75, 3.05) is 14.2 Å². The van der Waals surface area contributed by atoms with Gasteiger partial charge >= 0.3 is 0 Å². The minimum absolute atomic E-state index is 0.151. The molecule has 1 atom stereocenters. The zero-order chi connectivity index (χ0) is 14.5. The molecule has 0 amide bonds. The van der Waals surface area contributed by atoms with Crippen LogP contribution in [0.15, 0.2) is 42.5 Å². The Kier molecular flexibility index (Phi) is 4.91. The molecule has 0 saturated carbocycles. The number of rotatable bonds is 5. The Labute approximate surface area is 125 Å². The van der Waals surface area contributed by atoms with E-state index >= 15 is 0 Å². The van der Waals surface area contributed by atoms with Gasteiger partial charge < -0.3 is 9.47 Å². The Hall–Kier alpha value is -1.67. The second-order valence-electron chi connectivity index (χ2n) is 4.74. The van der Waals surface area contributed by atoms with Gasteiger partial charge in [-0.15, -0.1) is 11.6 Å². The largest absolute Gasteiger partial charge is 0.493 e. The molecule has 2 nitrogen and oxygen atoms in total. The zero-order valence-corrected chi connectivity index (χ0v) is 12.8. The molecule has 20 heavy (non-hydrogen) atoms. The number of hydrogen-bond donors (Lipinski definition) is 0. The van der Waals surface area contributed by atoms with Crippen LogP contribution in [0.1, 0.15) is 22.1 Å². The van der Waals surface area contributed by atoms with Crippen molar-refractivity contribution in [2.45, 2.75) is 18.7 Å². The zero-order valence-electron chi connectivity index (χ0n) is 12.0. The summed E-state index contributed by atoms with van der Waals surface area (Å²) < 4.78 is 10.8. The number of methoxy groups -OCH3 is 2. The topological polar surface area (TPSA) is 18.5 Å². The summed E-state index contributed by atoms with van der Waals surface area (Å²) in [6.07, 6.45) is 0.757. The molecule has 3 heteroatoms. The molecule has 0 heterocycles. The molecule has 0 aromatic heterocycles. The van der Waals surface area contributed by atoms with E-state index in [2.05, 4.69) is 31.2 Å². The van der Waals surface area contributed by atoms with Crippen LogP contribution >= 0.6 is 11.6 Å². The summed E-state index contributed by atoms with van der Waals surface area (Å²) in [5.74, 6) is 1.42. The molecule has 2 aromatic rings. The van der Waals surface area contributed by atoms with Crippen molar-refractivity contribution >= 4 is 11.6 Å². The summed E-state index contributed by atoms with van der Waals surface area (Å²) >= 11 is 6.57. The molecule has 0 N–H and O–H groups in total. The van der Waals surface area contributed by atoms with Gasteiger partial charge in [0.15, 0.2) is 11.5 Å². The molecule has 0 saturated heterocycles. The van der Waals surface area contributed by atoms with Gasteiger partial charge in [0, 0.05) is 5.56 Å². The van der Waals surface area contributed by atoms with Crippen LogP contribution in [0.25, 0.3) is 0 Å². The van der Waals surface area contributed by atoms with Crippen molar-refractivity contribution < 1.29 is 9.47 Å². The number of para-hydroxylation sites is 1. The molecule has 106 valence electrons. The van der Waals surface area contributed by atoms with Crippen LogP contribution in [-0.4, -0.2) is 14.2 Å². The van der Waals surface area contributed by atoms with Crippen LogP contribution in [0.5, 0.6) is 11.5 Å². The summed E-state index contributed by atoms with van der Waals surface area (Å²) in [7, 11) is 3.27. The molecule has 2 aromatic carbocycles. The van der Waals surface area contributed by atoms with Gasteiger partial charge in [-0.05, 0) is 25.0 Å². The molecule has 0 aliphatic heterocycles. The first kappa shape index (κ1) is 14.7. The second kappa shape index (κ2) is 6.67. The summed E-state index contributed by atoms with van der Waals surface area (Å²) in [6, 6.07) is 14.2. The van der Waals surface area contributed by atoms with Gasteiger partial charge in [-0.2, -0.15) is 0 Å². The van der Waals surface area contributed by atoms with Crippen LogP contribution in [0.2, 0.25) is 0 Å². The standard InChI is InChI=1S/C17H19ClO2/c1-12-6-4-7-13(10-12)11-15(18)14-8-5-9-16(19-2)17(14)20-3/h4-10,15H,11H2,1-3H3. The van der Waals surface area contributed by atoms with E-state index in [0.29, 0.717) is 11.5 Å². The molecule has 0 aliphatic rings. The summed E-state index contributed by atoms with van der Waals surface area (Å²) in [6.45, 7) is 2.08. The van der Waals surface area contributed by atoms with Crippen LogP contribution in [-0.2, 0) is 6.42 Å². The molecule has 0 aliphatic carbocycles. The van der Waals surface area contributed by atoms with Gasteiger partial charge in [-0.25, -0.2) is 0 Å². The molecule has 1 unspecified atom stereocenters. The van der Waals surface area contributed by atoms with Crippen molar-refractivity contribution in [2.24, 2.45) is 0 Å². The van der Waals surface area contributed by atoms with Crippen molar-refractivity contribution in [3.8, 4) is 11.5 Å². The van der Waals surface area contributed by atoms with Crippen molar-refractivity contribution in [3.05, 3.63) is 59.2 Å². The molecular formula is C17H19ClO2. The van der Waals surface area contributed by atoms with Crippen LogP contribution in [0, 0.1) is 6.92 Å². The molecule has 0 fully saturated rings. The lowest BCUT2D eigenvalue weighted by molar-refractivity contribution is 0.351. The number of benzene rings is 2. The van der Waals surface area contributed by atoms with E-state index in [1.807, 2.05) is 18.2 Å². The van der Waals surface area contributed by atoms with E-state index in [4.69, 9.17) is 21.1 Å². The van der Waals surface area contributed by atoms with Crippen LogP contribution in [0.3, 0.4) is 0 Å². The second-order valence-corrected chi connectivity index (χ2v) is 5.27. The van der Waals surface area contributed by atoms with Crippen LogP contribution < -0.4 is 9.47 Å². The van der Waals surface area contributed by atoms with Gasteiger partial charge in [-0.3, -0.25) is 0 Å². The van der Waals surface area contributed by atoms with E-state index < -0.39 is 0 Å². The third kappa shape index (κ3) is 3.26. The Morgan fingerprint density at radius 3 is 2.45 bits per heavy atom. The van der Waals surface area contributed by atoms with E-state index in [0.717, 1.165) is 12.0 Å².